The van der Waals surface area contributed by atoms with Crippen molar-refractivity contribution < 1.29 is 4.39 Å². The van der Waals surface area contributed by atoms with Gasteiger partial charge in [0.1, 0.15) is 5.82 Å². The van der Waals surface area contributed by atoms with Crippen LogP contribution in [0, 0.1) is 5.82 Å². The van der Waals surface area contributed by atoms with Crippen molar-refractivity contribution in [1.82, 2.24) is 4.90 Å². The largest absolute Gasteiger partial charge is 0.361 e. The summed E-state index contributed by atoms with van der Waals surface area (Å²) in [7, 11) is 0. The molecule has 0 aliphatic carbocycles. The first kappa shape index (κ1) is 14.4. The Morgan fingerprint density at radius 2 is 1.90 bits per heavy atom. The molecule has 0 radical (unpaired) electrons. The lowest BCUT2D eigenvalue weighted by Crippen LogP contribution is -2.61. The van der Waals surface area contributed by atoms with Crippen LogP contribution in [0.4, 0.5) is 4.39 Å². The van der Waals surface area contributed by atoms with Crippen LogP contribution in [0.3, 0.4) is 0 Å². The summed E-state index contributed by atoms with van der Waals surface area (Å²) < 4.78 is 13.9. The summed E-state index contributed by atoms with van der Waals surface area (Å²) in [6.45, 7) is 9.06. The summed E-state index contributed by atoms with van der Waals surface area (Å²) >= 11 is 0. The molecule has 0 bridgehead atoms. The van der Waals surface area contributed by atoms with E-state index >= 15 is 0 Å². The van der Waals surface area contributed by atoms with Gasteiger partial charge in [-0.05, 0) is 49.1 Å². The predicted octanol–water partition coefficient (Wildman–Crippen LogP) is 5.10. The smallest absolute Gasteiger partial charge is 0.123 e. The Kier molecular flexibility index (Phi) is 3.23. The van der Waals surface area contributed by atoms with Crippen molar-refractivity contribution in [3.8, 4) is 0 Å². The van der Waals surface area contributed by atoms with E-state index in [0.717, 1.165) is 12.8 Å². The third-order valence-corrected chi connectivity index (χ3v) is 6.03. The third-order valence-electron chi connectivity index (χ3n) is 6.03. The van der Waals surface area contributed by atoms with Crippen LogP contribution in [-0.4, -0.2) is 10.4 Å². The van der Waals surface area contributed by atoms with Gasteiger partial charge in [-0.1, -0.05) is 39.0 Å². The van der Waals surface area contributed by atoms with Crippen molar-refractivity contribution in [2.24, 2.45) is 0 Å². The lowest BCUT2D eigenvalue weighted by molar-refractivity contribution is 0.0253. The van der Waals surface area contributed by atoms with Crippen LogP contribution in [0.25, 0.3) is 0 Å². The quantitative estimate of drug-likeness (QED) is 0.730. The van der Waals surface area contributed by atoms with Gasteiger partial charge in [0, 0.05) is 17.2 Å². The zero-order chi connectivity index (χ0) is 15.3. The molecule has 21 heavy (non-hydrogen) atoms. The molecule has 2 heterocycles. The predicted molar refractivity (Wildman–Crippen MR) is 85.6 cm³/mol. The Morgan fingerprint density at radius 3 is 2.57 bits per heavy atom. The van der Waals surface area contributed by atoms with Crippen LogP contribution in [0.5, 0.6) is 0 Å². The number of hydrogen-bond donors (Lipinski definition) is 0. The molecule has 1 nitrogen and oxygen atoms in total. The molecule has 2 aliphatic rings. The third kappa shape index (κ3) is 1.74. The fraction of sp³-hybridized carbons (Fsp3) is 0.474. The number of hydrogen-bond acceptors (Lipinski definition) is 1. The standard InChI is InChI=1S/C19H24FN/c1-5-18(3)16-13-14(20)10-11-15(16)17-9-7-8-12-21(17)19(18,4)6-2/h7-13,17H,5-6H2,1-4H3. The summed E-state index contributed by atoms with van der Waals surface area (Å²) in [6, 6.07) is 5.54. The van der Waals surface area contributed by atoms with Crippen molar-refractivity contribution in [2.75, 3.05) is 0 Å². The molecular weight excluding hydrogens is 261 g/mol. The second-order valence-corrected chi connectivity index (χ2v) is 6.62. The van der Waals surface area contributed by atoms with E-state index in [4.69, 9.17) is 0 Å². The SMILES string of the molecule is CCC1(C)c2cc(F)ccc2C2C=CC=CN2C1(C)CC. The molecule has 3 rings (SSSR count). The first-order valence-corrected chi connectivity index (χ1v) is 7.91. The van der Waals surface area contributed by atoms with E-state index in [1.54, 1.807) is 12.1 Å². The maximum absolute atomic E-state index is 13.9. The molecule has 1 aromatic carbocycles. The lowest BCUT2D eigenvalue weighted by Gasteiger charge is -2.60. The van der Waals surface area contributed by atoms with Gasteiger partial charge in [0.05, 0.1) is 6.04 Å². The van der Waals surface area contributed by atoms with E-state index in [2.05, 4.69) is 57.0 Å². The maximum Gasteiger partial charge on any atom is 0.123 e. The molecule has 112 valence electrons. The molecule has 0 N–H and O–H groups in total. The highest BCUT2D eigenvalue weighted by molar-refractivity contribution is 5.46. The number of nitrogens with zero attached hydrogens (tertiary/aromatic N) is 1. The fourth-order valence-corrected chi connectivity index (χ4v) is 4.21. The minimum Gasteiger partial charge on any atom is -0.361 e. The van der Waals surface area contributed by atoms with Gasteiger partial charge in [0.15, 0.2) is 0 Å². The monoisotopic (exact) mass is 285 g/mol. The number of rotatable bonds is 2. The van der Waals surface area contributed by atoms with Gasteiger partial charge < -0.3 is 4.90 Å². The average Bonchev–Trinajstić information content (AvgIpc) is 2.52. The first-order valence-electron chi connectivity index (χ1n) is 7.91. The summed E-state index contributed by atoms with van der Waals surface area (Å²) in [5, 5.41) is 0. The van der Waals surface area contributed by atoms with E-state index < -0.39 is 0 Å². The molecule has 0 saturated heterocycles. The highest BCUT2D eigenvalue weighted by Gasteiger charge is 2.53. The molecule has 0 amide bonds. The Labute approximate surface area is 127 Å². The average molecular weight is 285 g/mol. The second-order valence-electron chi connectivity index (χ2n) is 6.62. The molecule has 1 aromatic rings. The van der Waals surface area contributed by atoms with Gasteiger partial charge in [-0.3, -0.25) is 0 Å². The summed E-state index contributed by atoms with van der Waals surface area (Å²) in [6.07, 6.45) is 10.7. The van der Waals surface area contributed by atoms with Crippen LogP contribution in [-0.2, 0) is 5.41 Å². The van der Waals surface area contributed by atoms with Crippen LogP contribution < -0.4 is 0 Å². The van der Waals surface area contributed by atoms with Gasteiger partial charge in [0.2, 0.25) is 0 Å². The molecule has 0 spiro atoms. The highest BCUT2D eigenvalue weighted by atomic mass is 19.1. The van der Waals surface area contributed by atoms with Crippen molar-refractivity contribution in [1.29, 1.82) is 0 Å². The van der Waals surface area contributed by atoms with Gasteiger partial charge in [-0.25, -0.2) is 4.39 Å². The Hall–Kier alpha value is -1.57. The van der Waals surface area contributed by atoms with Crippen molar-refractivity contribution >= 4 is 0 Å². The van der Waals surface area contributed by atoms with Gasteiger partial charge in [-0.2, -0.15) is 0 Å². The molecule has 2 heteroatoms. The number of benzene rings is 1. The number of halogens is 1. The molecule has 0 aromatic heterocycles. The molecule has 2 aliphatic heterocycles. The molecular formula is C19H24FN. The summed E-state index contributed by atoms with van der Waals surface area (Å²) in [5.41, 5.74) is 2.34. The van der Waals surface area contributed by atoms with Crippen LogP contribution in [0.2, 0.25) is 0 Å². The topological polar surface area (TPSA) is 3.24 Å². The van der Waals surface area contributed by atoms with Crippen LogP contribution in [0.1, 0.15) is 57.7 Å². The molecule has 3 atom stereocenters. The zero-order valence-electron chi connectivity index (χ0n) is 13.4. The number of allylic oxidation sites excluding steroid dienone is 2. The van der Waals surface area contributed by atoms with E-state index in [9.17, 15) is 4.39 Å². The fourth-order valence-electron chi connectivity index (χ4n) is 4.21. The minimum atomic E-state index is -0.129. The van der Waals surface area contributed by atoms with E-state index in [1.165, 1.54) is 11.1 Å². The zero-order valence-corrected chi connectivity index (χ0v) is 13.4. The second kappa shape index (κ2) is 4.72. The van der Waals surface area contributed by atoms with Crippen LogP contribution >= 0.6 is 0 Å². The van der Waals surface area contributed by atoms with Gasteiger partial charge >= 0.3 is 0 Å². The van der Waals surface area contributed by atoms with Crippen molar-refractivity contribution in [2.45, 2.75) is 57.5 Å². The molecule has 0 saturated carbocycles. The van der Waals surface area contributed by atoms with Gasteiger partial charge in [-0.15, -0.1) is 0 Å². The Balaban J connectivity index is 2.31. The van der Waals surface area contributed by atoms with Crippen molar-refractivity contribution in [3.63, 3.8) is 0 Å². The van der Waals surface area contributed by atoms with E-state index in [1.807, 2.05) is 6.07 Å². The highest BCUT2D eigenvalue weighted by Crippen LogP contribution is 2.54. The Morgan fingerprint density at radius 1 is 1.14 bits per heavy atom. The number of fused-ring (bicyclic) bond motifs is 3. The normalized spacial score (nSPS) is 33.8. The van der Waals surface area contributed by atoms with E-state index in [-0.39, 0.29) is 22.8 Å². The summed E-state index contributed by atoms with van der Waals surface area (Å²) in [4.78, 5) is 2.47. The summed E-state index contributed by atoms with van der Waals surface area (Å²) in [5.74, 6) is -0.129. The van der Waals surface area contributed by atoms with Gasteiger partial charge in [0.25, 0.3) is 0 Å². The maximum atomic E-state index is 13.9. The first-order chi connectivity index (χ1) is 9.98. The molecule has 3 unspecified atom stereocenters. The lowest BCUT2D eigenvalue weighted by atomic mass is 9.59. The molecule has 0 fully saturated rings. The van der Waals surface area contributed by atoms with Crippen LogP contribution in [0.15, 0.2) is 42.6 Å². The van der Waals surface area contributed by atoms with Crippen molar-refractivity contribution in [3.05, 3.63) is 59.6 Å². The van der Waals surface area contributed by atoms with E-state index in [0.29, 0.717) is 0 Å². The Bertz CT molecular complexity index is 618. The minimum absolute atomic E-state index is 0.0194.